The molecule has 2 aromatic rings. The van der Waals surface area contributed by atoms with E-state index in [-0.39, 0.29) is 17.9 Å². The van der Waals surface area contributed by atoms with E-state index in [1.807, 2.05) is 0 Å². The van der Waals surface area contributed by atoms with Crippen LogP contribution in [0.2, 0.25) is 10.0 Å². The van der Waals surface area contributed by atoms with Crippen LogP contribution in [0.5, 0.6) is 0 Å². The van der Waals surface area contributed by atoms with Gasteiger partial charge in [-0.1, -0.05) is 29.3 Å². The number of halogens is 2. The van der Waals surface area contributed by atoms with Crippen molar-refractivity contribution in [3.8, 4) is 0 Å². The molecule has 7 nitrogen and oxygen atoms in total. The van der Waals surface area contributed by atoms with Crippen molar-refractivity contribution in [2.24, 2.45) is 0 Å². The Kier molecular flexibility index (Phi) is 6.77. The average Bonchev–Trinajstić information content (AvgIpc) is 3.51. The van der Waals surface area contributed by atoms with E-state index in [2.05, 4.69) is 15.6 Å². The van der Waals surface area contributed by atoms with Crippen LogP contribution in [-0.2, 0) is 9.53 Å². The fourth-order valence-electron chi connectivity index (χ4n) is 3.71. The summed E-state index contributed by atoms with van der Waals surface area (Å²) in [5.74, 6) is -0.373. The molecule has 0 unspecified atom stereocenters. The van der Waals surface area contributed by atoms with Crippen molar-refractivity contribution >= 4 is 57.2 Å². The molecule has 2 amide bonds. The molecule has 0 saturated carbocycles. The number of carbonyl (C=O) groups excluding carboxylic acids is 2. The quantitative estimate of drug-likeness (QED) is 0.666. The van der Waals surface area contributed by atoms with Crippen molar-refractivity contribution < 1.29 is 14.3 Å². The molecule has 160 valence electrons. The number of nitrogens with one attached hydrogen (secondary N) is 2. The number of rotatable bonds is 6. The Labute approximate surface area is 188 Å². The number of amides is 2. The fourth-order valence-corrected chi connectivity index (χ4v) is 4.76. The van der Waals surface area contributed by atoms with Gasteiger partial charge in [0.1, 0.15) is 11.7 Å². The summed E-state index contributed by atoms with van der Waals surface area (Å²) < 4.78 is 5.55. The summed E-state index contributed by atoms with van der Waals surface area (Å²) in [5, 5.41) is 9.07. The Morgan fingerprint density at radius 3 is 2.93 bits per heavy atom. The molecule has 0 spiro atoms. The third-order valence-electron chi connectivity index (χ3n) is 5.26. The number of nitrogens with zero attached hydrogens (tertiary/aromatic N) is 2. The topological polar surface area (TPSA) is 83.6 Å². The van der Waals surface area contributed by atoms with Gasteiger partial charge in [0.2, 0.25) is 5.91 Å². The zero-order chi connectivity index (χ0) is 21.1. The van der Waals surface area contributed by atoms with Gasteiger partial charge in [-0.05, 0) is 37.8 Å². The van der Waals surface area contributed by atoms with Crippen LogP contribution in [0.15, 0.2) is 23.6 Å². The monoisotopic (exact) mass is 468 g/mol. The van der Waals surface area contributed by atoms with Gasteiger partial charge in [-0.2, -0.15) is 0 Å². The van der Waals surface area contributed by atoms with Crippen molar-refractivity contribution in [2.45, 2.75) is 37.8 Å². The fraction of sp³-hybridized carbons (Fsp3) is 0.450. The largest absolute Gasteiger partial charge is 0.376 e. The van der Waals surface area contributed by atoms with Crippen LogP contribution in [0, 0.1) is 0 Å². The van der Waals surface area contributed by atoms with Crippen LogP contribution in [0.25, 0.3) is 0 Å². The predicted molar refractivity (Wildman–Crippen MR) is 118 cm³/mol. The Bertz CT molecular complexity index is 933. The van der Waals surface area contributed by atoms with E-state index < -0.39 is 6.04 Å². The minimum absolute atomic E-state index is 0.0741. The Morgan fingerprint density at radius 2 is 2.13 bits per heavy atom. The normalized spacial score (nSPS) is 21.1. The first-order chi connectivity index (χ1) is 14.5. The molecule has 1 aromatic heterocycles. The van der Waals surface area contributed by atoms with Crippen molar-refractivity contribution in [1.29, 1.82) is 0 Å². The Hall–Kier alpha value is -1.87. The average molecular weight is 469 g/mol. The summed E-state index contributed by atoms with van der Waals surface area (Å²) in [7, 11) is 0. The second-order valence-electron chi connectivity index (χ2n) is 7.30. The minimum Gasteiger partial charge on any atom is -0.376 e. The third kappa shape index (κ3) is 4.72. The molecule has 2 fully saturated rings. The van der Waals surface area contributed by atoms with E-state index in [9.17, 15) is 9.59 Å². The van der Waals surface area contributed by atoms with Gasteiger partial charge in [0.05, 0.1) is 21.8 Å². The first-order valence-corrected chi connectivity index (χ1v) is 11.5. The molecule has 1 aromatic carbocycles. The van der Waals surface area contributed by atoms with Gasteiger partial charge in [0.25, 0.3) is 5.91 Å². The van der Waals surface area contributed by atoms with Gasteiger partial charge in [0, 0.05) is 25.1 Å². The summed E-state index contributed by atoms with van der Waals surface area (Å²) in [6.07, 6.45) is 3.49. The SMILES string of the molecule is O=C(NC[C@@H]1CCCO1)[C@@H]1CCCN1C(=O)c1csc(Nc2cccc(Cl)c2Cl)n1. The van der Waals surface area contributed by atoms with E-state index >= 15 is 0 Å². The summed E-state index contributed by atoms with van der Waals surface area (Å²) in [5.41, 5.74) is 0.921. The smallest absolute Gasteiger partial charge is 0.274 e. The van der Waals surface area contributed by atoms with Crippen LogP contribution in [-0.4, -0.2) is 53.5 Å². The van der Waals surface area contributed by atoms with Gasteiger partial charge < -0.3 is 20.3 Å². The highest BCUT2D eigenvalue weighted by Crippen LogP contribution is 2.33. The number of carbonyl (C=O) groups is 2. The van der Waals surface area contributed by atoms with E-state index in [4.69, 9.17) is 27.9 Å². The van der Waals surface area contributed by atoms with Crippen LogP contribution >= 0.6 is 34.5 Å². The maximum absolute atomic E-state index is 13.0. The molecule has 3 heterocycles. The van der Waals surface area contributed by atoms with Crippen molar-refractivity contribution in [3.05, 3.63) is 39.3 Å². The Balaban J connectivity index is 1.39. The molecule has 2 saturated heterocycles. The van der Waals surface area contributed by atoms with Gasteiger partial charge in [-0.15, -0.1) is 11.3 Å². The number of likely N-dealkylation sites (tertiary alicyclic amines) is 1. The number of ether oxygens (including phenoxy) is 1. The number of thiazole rings is 1. The van der Waals surface area contributed by atoms with Crippen LogP contribution < -0.4 is 10.6 Å². The lowest BCUT2D eigenvalue weighted by molar-refractivity contribution is -0.125. The molecule has 30 heavy (non-hydrogen) atoms. The third-order valence-corrected chi connectivity index (χ3v) is 6.84. The zero-order valence-electron chi connectivity index (χ0n) is 16.2. The molecular weight excluding hydrogens is 447 g/mol. The standard InChI is InChI=1S/C20H22Cl2N4O3S/c21-13-5-1-6-14(17(13)22)24-20-25-15(11-30-20)19(28)26-8-2-7-16(26)18(27)23-10-12-4-3-9-29-12/h1,5-6,11-12,16H,2-4,7-10H2,(H,23,27)(H,24,25)/t12-,16-/m0/s1. The molecule has 0 radical (unpaired) electrons. The number of aromatic nitrogens is 1. The van der Waals surface area contributed by atoms with Gasteiger partial charge in [-0.3, -0.25) is 9.59 Å². The van der Waals surface area contributed by atoms with Crippen LogP contribution in [0.3, 0.4) is 0 Å². The van der Waals surface area contributed by atoms with Crippen LogP contribution in [0.1, 0.15) is 36.2 Å². The predicted octanol–water partition coefficient (Wildman–Crippen LogP) is 4.09. The summed E-state index contributed by atoms with van der Waals surface area (Å²) in [6, 6.07) is 4.79. The van der Waals surface area contributed by atoms with Crippen molar-refractivity contribution in [2.75, 3.05) is 25.0 Å². The highest BCUT2D eigenvalue weighted by Gasteiger charge is 2.35. The lowest BCUT2D eigenvalue weighted by atomic mass is 10.2. The molecule has 2 N–H and O–H groups in total. The lowest BCUT2D eigenvalue weighted by Crippen LogP contribution is -2.47. The highest BCUT2D eigenvalue weighted by atomic mass is 35.5. The number of anilines is 2. The first kappa shape index (κ1) is 21.4. The summed E-state index contributed by atoms with van der Waals surface area (Å²) in [4.78, 5) is 31.6. The zero-order valence-corrected chi connectivity index (χ0v) is 18.5. The summed E-state index contributed by atoms with van der Waals surface area (Å²) >= 11 is 13.5. The van der Waals surface area contributed by atoms with Crippen molar-refractivity contribution in [3.63, 3.8) is 0 Å². The maximum Gasteiger partial charge on any atom is 0.274 e. The second kappa shape index (κ2) is 9.51. The molecule has 0 aliphatic carbocycles. The molecule has 4 rings (SSSR count). The number of hydrogen-bond donors (Lipinski definition) is 2. The Morgan fingerprint density at radius 1 is 1.27 bits per heavy atom. The second-order valence-corrected chi connectivity index (χ2v) is 8.94. The van der Waals surface area contributed by atoms with Crippen LogP contribution in [0.4, 0.5) is 10.8 Å². The summed E-state index contributed by atoms with van der Waals surface area (Å²) in [6.45, 7) is 1.77. The van der Waals surface area contributed by atoms with Gasteiger partial charge in [0.15, 0.2) is 5.13 Å². The molecule has 2 atom stereocenters. The van der Waals surface area contributed by atoms with E-state index in [0.717, 1.165) is 25.9 Å². The lowest BCUT2D eigenvalue weighted by Gasteiger charge is -2.23. The van der Waals surface area contributed by atoms with E-state index in [1.54, 1.807) is 28.5 Å². The van der Waals surface area contributed by atoms with E-state index in [0.29, 0.717) is 46.1 Å². The minimum atomic E-state index is -0.473. The molecule has 10 heteroatoms. The van der Waals surface area contributed by atoms with Gasteiger partial charge in [-0.25, -0.2) is 4.98 Å². The van der Waals surface area contributed by atoms with Gasteiger partial charge >= 0.3 is 0 Å². The van der Waals surface area contributed by atoms with E-state index in [1.165, 1.54) is 11.3 Å². The number of benzene rings is 1. The first-order valence-electron chi connectivity index (χ1n) is 9.90. The van der Waals surface area contributed by atoms with Crippen molar-refractivity contribution in [1.82, 2.24) is 15.2 Å². The number of hydrogen-bond acceptors (Lipinski definition) is 6. The maximum atomic E-state index is 13.0. The molecule has 2 aliphatic rings. The molecule has 0 bridgehead atoms. The highest BCUT2D eigenvalue weighted by molar-refractivity contribution is 7.14. The molecular formula is C20H22Cl2N4O3S. The molecule has 2 aliphatic heterocycles.